The van der Waals surface area contributed by atoms with E-state index in [1.807, 2.05) is 25.4 Å². The van der Waals surface area contributed by atoms with Crippen molar-refractivity contribution in [1.29, 1.82) is 0 Å². The van der Waals surface area contributed by atoms with Gasteiger partial charge in [-0.3, -0.25) is 9.59 Å². The monoisotopic (exact) mass is 317 g/mol. The van der Waals surface area contributed by atoms with E-state index in [0.717, 1.165) is 11.4 Å². The molecule has 1 aromatic carbocycles. The fourth-order valence-corrected chi connectivity index (χ4v) is 2.93. The molecule has 116 valence electrons. The zero-order valence-corrected chi connectivity index (χ0v) is 13.9. The highest BCUT2D eigenvalue weighted by Crippen LogP contribution is 2.11. The molecule has 0 spiro atoms. The van der Waals surface area contributed by atoms with Crippen LogP contribution in [0, 0.1) is 0 Å². The van der Waals surface area contributed by atoms with Gasteiger partial charge in [0.2, 0.25) is 0 Å². The van der Waals surface area contributed by atoms with Crippen molar-refractivity contribution in [1.82, 2.24) is 0 Å². The van der Waals surface area contributed by atoms with Gasteiger partial charge in [0.15, 0.2) is 11.8 Å². The number of amides is 1. The highest BCUT2D eigenvalue weighted by Gasteiger charge is 2.22. The number of benzene rings is 1. The molecule has 5 heteroatoms. The lowest BCUT2D eigenvalue weighted by molar-refractivity contribution is -0.907. The van der Waals surface area contributed by atoms with Crippen LogP contribution in [-0.2, 0) is 11.3 Å². The summed E-state index contributed by atoms with van der Waals surface area (Å²) in [7, 11) is 2.01. The molecule has 0 fully saturated rings. The van der Waals surface area contributed by atoms with E-state index in [2.05, 4.69) is 11.4 Å². The minimum atomic E-state index is -0.178. The van der Waals surface area contributed by atoms with E-state index in [0.29, 0.717) is 11.3 Å². The zero-order valence-electron chi connectivity index (χ0n) is 13.1. The van der Waals surface area contributed by atoms with Crippen LogP contribution in [0.25, 0.3) is 0 Å². The molecule has 0 aliphatic carbocycles. The van der Waals surface area contributed by atoms with Crippen molar-refractivity contribution in [3.63, 3.8) is 0 Å². The van der Waals surface area contributed by atoms with Crippen molar-refractivity contribution in [2.75, 3.05) is 12.4 Å². The lowest BCUT2D eigenvalue weighted by Gasteiger charge is -2.20. The SMILES string of the molecule is CC(=O)c1cccc(NC(=O)[C@H](C)[NH+](C)Cc2cccs2)c1. The van der Waals surface area contributed by atoms with Gasteiger partial charge in [0.1, 0.15) is 6.54 Å². The molecule has 0 saturated heterocycles. The smallest absolute Gasteiger partial charge is 0.282 e. The molecule has 2 aromatic rings. The maximum Gasteiger partial charge on any atom is 0.282 e. The van der Waals surface area contributed by atoms with E-state index < -0.39 is 0 Å². The zero-order chi connectivity index (χ0) is 16.1. The Hall–Kier alpha value is -1.98. The minimum Gasteiger partial charge on any atom is -0.323 e. The summed E-state index contributed by atoms with van der Waals surface area (Å²) in [6.07, 6.45) is 0. The molecule has 0 aliphatic heterocycles. The summed E-state index contributed by atoms with van der Waals surface area (Å²) in [6.45, 7) is 4.25. The Bertz CT molecular complexity index is 652. The molecule has 0 aliphatic rings. The third-order valence-corrected chi connectivity index (χ3v) is 4.58. The Morgan fingerprint density at radius 1 is 1.27 bits per heavy atom. The van der Waals surface area contributed by atoms with Gasteiger partial charge in [-0.1, -0.05) is 18.2 Å². The summed E-state index contributed by atoms with van der Waals surface area (Å²) in [6, 6.07) is 10.9. The Kier molecular flexibility index (Phi) is 5.46. The summed E-state index contributed by atoms with van der Waals surface area (Å²) >= 11 is 1.70. The number of quaternary nitrogens is 1. The molecule has 2 rings (SSSR count). The number of Topliss-reactive ketones (excluding diaryl/α,β-unsaturated/α-hetero) is 1. The first kappa shape index (κ1) is 16.4. The number of nitrogens with one attached hydrogen (secondary N) is 2. The van der Waals surface area contributed by atoms with E-state index in [1.54, 1.807) is 35.6 Å². The number of hydrogen-bond acceptors (Lipinski definition) is 3. The Balaban J connectivity index is 1.98. The number of carbonyl (C=O) groups is 2. The lowest BCUT2D eigenvalue weighted by atomic mass is 10.1. The predicted molar refractivity (Wildman–Crippen MR) is 89.4 cm³/mol. The van der Waals surface area contributed by atoms with Crippen LogP contribution in [0.2, 0.25) is 0 Å². The standard InChI is InChI=1S/C17H20N2O2S/c1-12(19(3)11-16-8-5-9-22-16)17(21)18-15-7-4-6-14(10-15)13(2)20/h4-10,12H,11H2,1-3H3,(H,18,21)/p+1/t12-/m0/s1. The number of hydrogen-bond donors (Lipinski definition) is 2. The third-order valence-electron chi connectivity index (χ3n) is 3.70. The summed E-state index contributed by atoms with van der Waals surface area (Å²) in [5.74, 6) is -0.0562. The summed E-state index contributed by atoms with van der Waals surface area (Å²) in [5, 5.41) is 4.93. The van der Waals surface area contributed by atoms with Gasteiger partial charge in [-0.15, -0.1) is 11.3 Å². The first-order valence-electron chi connectivity index (χ1n) is 7.24. The highest BCUT2D eigenvalue weighted by molar-refractivity contribution is 7.09. The van der Waals surface area contributed by atoms with E-state index in [1.165, 1.54) is 11.8 Å². The van der Waals surface area contributed by atoms with E-state index >= 15 is 0 Å². The second-order valence-corrected chi connectivity index (χ2v) is 6.48. The van der Waals surface area contributed by atoms with Gasteiger partial charge in [-0.25, -0.2) is 0 Å². The first-order chi connectivity index (χ1) is 10.5. The van der Waals surface area contributed by atoms with Crippen LogP contribution in [0.1, 0.15) is 29.1 Å². The quantitative estimate of drug-likeness (QED) is 0.801. The average Bonchev–Trinajstić information content (AvgIpc) is 2.99. The summed E-state index contributed by atoms with van der Waals surface area (Å²) in [4.78, 5) is 26.1. The van der Waals surface area contributed by atoms with Crippen LogP contribution in [-0.4, -0.2) is 24.8 Å². The highest BCUT2D eigenvalue weighted by atomic mass is 32.1. The van der Waals surface area contributed by atoms with Crippen molar-refractivity contribution in [3.8, 4) is 0 Å². The molecule has 22 heavy (non-hydrogen) atoms. The van der Waals surface area contributed by atoms with Crippen LogP contribution in [0.3, 0.4) is 0 Å². The molecule has 1 aromatic heterocycles. The Morgan fingerprint density at radius 3 is 2.68 bits per heavy atom. The predicted octanol–water partition coefficient (Wildman–Crippen LogP) is 1.99. The Labute approximate surface area is 134 Å². The second kappa shape index (κ2) is 7.33. The number of thiophene rings is 1. The minimum absolute atomic E-state index is 0.00964. The molecule has 0 saturated carbocycles. The Morgan fingerprint density at radius 2 is 2.05 bits per heavy atom. The molecule has 0 radical (unpaired) electrons. The third kappa shape index (κ3) is 4.26. The number of ketones is 1. The van der Waals surface area contributed by atoms with E-state index in [4.69, 9.17) is 0 Å². The fourth-order valence-electron chi connectivity index (χ4n) is 2.13. The average molecular weight is 317 g/mol. The number of likely N-dealkylation sites (N-methyl/N-ethyl adjacent to an activating group) is 1. The van der Waals surface area contributed by atoms with Gasteiger partial charge in [0.25, 0.3) is 5.91 Å². The maximum atomic E-state index is 12.4. The van der Waals surface area contributed by atoms with Crippen LogP contribution >= 0.6 is 11.3 Å². The molecule has 1 amide bonds. The van der Waals surface area contributed by atoms with Gasteiger partial charge in [-0.2, -0.15) is 0 Å². The van der Waals surface area contributed by atoms with Crippen molar-refractivity contribution >= 4 is 28.7 Å². The van der Waals surface area contributed by atoms with Gasteiger partial charge in [-0.05, 0) is 37.4 Å². The van der Waals surface area contributed by atoms with Gasteiger partial charge < -0.3 is 10.2 Å². The number of anilines is 1. The molecule has 2 N–H and O–H groups in total. The topological polar surface area (TPSA) is 50.6 Å². The van der Waals surface area contributed by atoms with Gasteiger partial charge in [0.05, 0.1) is 11.9 Å². The summed E-state index contributed by atoms with van der Waals surface area (Å²) < 4.78 is 0. The second-order valence-electron chi connectivity index (χ2n) is 5.45. The largest absolute Gasteiger partial charge is 0.323 e. The van der Waals surface area contributed by atoms with Crippen LogP contribution < -0.4 is 10.2 Å². The van der Waals surface area contributed by atoms with E-state index in [-0.39, 0.29) is 17.7 Å². The molecule has 4 nitrogen and oxygen atoms in total. The maximum absolute atomic E-state index is 12.4. The van der Waals surface area contributed by atoms with Crippen molar-refractivity contribution in [3.05, 3.63) is 52.2 Å². The van der Waals surface area contributed by atoms with Crippen molar-refractivity contribution in [2.45, 2.75) is 26.4 Å². The molecular formula is C17H21N2O2S+. The van der Waals surface area contributed by atoms with Gasteiger partial charge in [0, 0.05) is 11.3 Å². The van der Waals surface area contributed by atoms with E-state index in [9.17, 15) is 9.59 Å². The van der Waals surface area contributed by atoms with Crippen molar-refractivity contribution < 1.29 is 14.5 Å². The normalized spacial score (nSPS) is 13.4. The molecule has 1 unspecified atom stereocenters. The molecule has 2 atom stereocenters. The van der Waals surface area contributed by atoms with Crippen LogP contribution in [0.15, 0.2) is 41.8 Å². The van der Waals surface area contributed by atoms with Gasteiger partial charge >= 0.3 is 0 Å². The lowest BCUT2D eigenvalue weighted by Crippen LogP contribution is -3.12. The summed E-state index contributed by atoms with van der Waals surface area (Å²) in [5.41, 5.74) is 1.26. The first-order valence-corrected chi connectivity index (χ1v) is 8.12. The molecule has 0 bridgehead atoms. The van der Waals surface area contributed by atoms with Crippen molar-refractivity contribution in [2.24, 2.45) is 0 Å². The van der Waals surface area contributed by atoms with Crippen LogP contribution in [0.5, 0.6) is 0 Å². The number of rotatable bonds is 6. The number of carbonyl (C=O) groups excluding carboxylic acids is 2. The molecule has 1 heterocycles. The van der Waals surface area contributed by atoms with Crippen LogP contribution in [0.4, 0.5) is 5.69 Å². The molecular weight excluding hydrogens is 296 g/mol. The fraction of sp³-hybridized carbons (Fsp3) is 0.294.